The highest BCUT2D eigenvalue weighted by atomic mass is 15.3. The van der Waals surface area contributed by atoms with Crippen molar-refractivity contribution >= 4 is 0 Å². The fourth-order valence-corrected chi connectivity index (χ4v) is 2.67. The van der Waals surface area contributed by atoms with Crippen molar-refractivity contribution in [1.29, 1.82) is 5.26 Å². The molecule has 2 aliphatic heterocycles. The fraction of sp³-hybridized carbons (Fsp3) is 0.909. The summed E-state index contributed by atoms with van der Waals surface area (Å²) in [6, 6.07) is 2.56. The Balaban J connectivity index is 2.08. The van der Waals surface area contributed by atoms with Gasteiger partial charge in [-0.05, 0) is 26.4 Å². The minimum atomic E-state index is -0.208. The molecule has 0 aromatic carbocycles. The van der Waals surface area contributed by atoms with E-state index in [0.29, 0.717) is 0 Å². The average Bonchev–Trinajstić information content (AvgIpc) is 2.49. The van der Waals surface area contributed by atoms with Crippen molar-refractivity contribution in [3.05, 3.63) is 0 Å². The molecule has 0 amide bonds. The number of rotatable bonds is 1. The third-order valence-electron chi connectivity index (χ3n) is 3.59. The first kappa shape index (κ1) is 10.9. The Morgan fingerprint density at radius 3 is 2.80 bits per heavy atom. The molecule has 0 aromatic rings. The van der Waals surface area contributed by atoms with Crippen LogP contribution in [-0.2, 0) is 0 Å². The summed E-state index contributed by atoms with van der Waals surface area (Å²) in [4.78, 5) is 4.65. The van der Waals surface area contributed by atoms with Crippen LogP contribution in [0.3, 0.4) is 0 Å². The van der Waals surface area contributed by atoms with E-state index in [2.05, 4.69) is 28.2 Å². The maximum Gasteiger partial charge on any atom is 0.123 e. The zero-order valence-corrected chi connectivity index (χ0v) is 9.50. The normalized spacial score (nSPS) is 34.9. The SMILES string of the molecule is CN1CCC(C#N)(N2CCCNCC2)C1. The third kappa shape index (κ3) is 2.15. The molecule has 84 valence electrons. The van der Waals surface area contributed by atoms with Gasteiger partial charge < -0.3 is 10.2 Å². The molecule has 2 aliphatic rings. The Kier molecular flexibility index (Phi) is 3.25. The monoisotopic (exact) mass is 208 g/mol. The molecule has 2 saturated heterocycles. The van der Waals surface area contributed by atoms with E-state index in [0.717, 1.165) is 52.1 Å². The molecule has 4 heteroatoms. The molecule has 0 spiro atoms. The summed E-state index contributed by atoms with van der Waals surface area (Å²) >= 11 is 0. The molecule has 0 bridgehead atoms. The Morgan fingerprint density at radius 2 is 2.13 bits per heavy atom. The van der Waals surface area contributed by atoms with E-state index in [1.54, 1.807) is 0 Å². The second kappa shape index (κ2) is 4.48. The van der Waals surface area contributed by atoms with Gasteiger partial charge in [-0.2, -0.15) is 5.26 Å². The smallest absolute Gasteiger partial charge is 0.123 e. The van der Waals surface area contributed by atoms with E-state index in [1.165, 1.54) is 0 Å². The lowest BCUT2D eigenvalue weighted by molar-refractivity contribution is 0.152. The van der Waals surface area contributed by atoms with Crippen molar-refractivity contribution in [3.63, 3.8) is 0 Å². The lowest BCUT2D eigenvalue weighted by Crippen LogP contribution is -2.50. The lowest BCUT2D eigenvalue weighted by Gasteiger charge is -2.34. The van der Waals surface area contributed by atoms with Crippen LogP contribution in [0.5, 0.6) is 0 Å². The maximum atomic E-state index is 9.44. The van der Waals surface area contributed by atoms with Gasteiger partial charge in [0.2, 0.25) is 0 Å². The number of nitrogens with one attached hydrogen (secondary N) is 1. The number of nitriles is 1. The average molecular weight is 208 g/mol. The molecule has 15 heavy (non-hydrogen) atoms. The van der Waals surface area contributed by atoms with E-state index in [9.17, 15) is 5.26 Å². The van der Waals surface area contributed by atoms with Crippen LogP contribution in [-0.4, -0.2) is 61.7 Å². The molecular weight excluding hydrogens is 188 g/mol. The van der Waals surface area contributed by atoms with Crippen LogP contribution >= 0.6 is 0 Å². The van der Waals surface area contributed by atoms with Crippen LogP contribution in [0.1, 0.15) is 12.8 Å². The first-order valence-corrected chi connectivity index (χ1v) is 5.82. The summed E-state index contributed by atoms with van der Waals surface area (Å²) in [7, 11) is 2.11. The van der Waals surface area contributed by atoms with Crippen LogP contribution in [0, 0.1) is 11.3 Å². The maximum absolute atomic E-state index is 9.44. The van der Waals surface area contributed by atoms with Crippen molar-refractivity contribution in [2.24, 2.45) is 0 Å². The Bertz CT molecular complexity index is 252. The number of likely N-dealkylation sites (N-methyl/N-ethyl adjacent to an activating group) is 1. The zero-order chi connectivity index (χ0) is 10.7. The highest BCUT2D eigenvalue weighted by Crippen LogP contribution is 2.26. The molecule has 0 saturated carbocycles. The Morgan fingerprint density at radius 1 is 1.27 bits per heavy atom. The van der Waals surface area contributed by atoms with E-state index in [4.69, 9.17) is 0 Å². The van der Waals surface area contributed by atoms with E-state index in [1.807, 2.05) is 0 Å². The quantitative estimate of drug-likeness (QED) is 0.652. The van der Waals surface area contributed by atoms with Crippen molar-refractivity contribution < 1.29 is 0 Å². The van der Waals surface area contributed by atoms with Crippen LogP contribution in [0.4, 0.5) is 0 Å². The van der Waals surface area contributed by atoms with Crippen LogP contribution < -0.4 is 5.32 Å². The molecule has 4 nitrogen and oxygen atoms in total. The van der Waals surface area contributed by atoms with Gasteiger partial charge in [0, 0.05) is 32.7 Å². The molecule has 1 unspecified atom stereocenters. The summed E-state index contributed by atoms with van der Waals surface area (Å²) in [5.41, 5.74) is -0.208. The number of likely N-dealkylation sites (tertiary alicyclic amines) is 1. The van der Waals surface area contributed by atoms with Gasteiger partial charge in [-0.1, -0.05) is 0 Å². The van der Waals surface area contributed by atoms with Crippen LogP contribution in [0.2, 0.25) is 0 Å². The van der Waals surface area contributed by atoms with Gasteiger partial charge in [-0.3, -0.25) is 4.90 Å². The number of nitrogens with zero attached hydrogens (tertiary/aromatic N) is 3. The van der Waals surface area contributed by atoms with Gasteiger partial charge in [0.15, 0.2) is 0 Å². The first-order valence-electron chi connectivity index (χ1n) is 5.82. The first-order chi connectivity index (χ1) is 7.27. The van der Waals surface area contributed by atoms with Gasteiger partial charge in [-0.25, -0.2) is 0 Å². The summed E-state index contributed by atoms with van der Waals surface area (Å²) in [5.74, 6) is 0. The van der Waals surface area contributed by atoms with E-state index < -0.39 is 0 Å². The highest BCUT2D eigenvalue weighted by Gasteiger charge is 2.42. The fourth-order valence-electron chi connectivity index (χ4n) is 2.67. The van der Waals surface area contributed by atoms with Gasteiger partial charge in [0.25, 0.3) is 0 Å². The second-order valence-electron chi connectivity index (χ2n) is 4.72. The van der Waals surface area contributed by atoms with Crippen molar-refractivity contribution in [1.82, 2.24) is 15.1 Å². The molecule has 0 aromatic heterocycles. The molecular formula is C11H20N4. The molecule has 2 fully saturated rings. The zero-order valence-electron chi connectivity index (χ0n) is 9.50. The predicted octanol–water partition coefficient (Wildman–Crippen LogP) is -0.120. The number of hydrogen-bond acceptors (Lipinski definition) is 4. The van der Waals surface area contributed by atoms with Crippen molar-refractivity contribution in [2.75, 3.05) is 46.3 Å². The molecule has 1 N–H and O–H groups in total. The minimum Gasteiger partial charge on any atom is -0.315 e. The predicted molar refractivity (Wildman–Crippen MR) is 59.5 cm³/mol. The summed E-state index contributed by atoms with van der Waals surface area (Å²) < 4.78 is 0. The van der Waals surface area contributed by atoms with Gasteiger partial charge >= 0.3 is 0 Å². The lowest BCUT2D eigenvalue weighted by atomic mass is 9.98. The largest absolute Gasteiger partial charge is 0.315 e. The topological polar surface area (TPSA) is 42.3 Å². The minimum absolute atomic E-state index is 0.208. The van der Waals surface area contributed by atoms with E-state index in [-0.39, 0.29) is 5.54 Å². The van der Waals surface area contributed by atoms with Gasteiger partial charge in [0.1, 0.15) is 5.54 Å². The third-order valence-corrected chi connectivity index (χ3v) is 3.59. The van der Waals surface area contributed by atoms with Crippen molar-refractivity contribution in [3.8, 4) is 6.07 Å². The molecule has 0 aliphatic carbocycles. The molecule has 0 radical (unpaired) electrons. The Hall–Kier alpha value is -0.630. The summed E-state index contributed by atoms with van der Waals surface area (Å²) in [6.45, 7) is 6.15. The second-order valence-corrected chi connectivity index (χ2v) is 4.72. The van der Waals surface area contributed by atoms with Gasteiger partial charge in [0.05, 0.1) is 6.07 Å². The van der Waals surface area contributed by atoms with Crippen molar-refractivity contribution in [2.45, 2.75) is 18.4 Å². The standard InChI is InChI=1S/C11H20N4/c1-14-7-3-11(9-12,10-14)15-6-2-4-13-5-8-15/h13H,2-8,10H2,1H3. The Labute approximate surface area is 91.8 Å². The molecule has 2 rings (SSSR count). The van der Waals surface area contributed by atoms with Crippen LogP contribution in [0.25, 0.3) is 0 Å². The van der Waals surface area contributed by atoms with E-state index >= 15 is 0 Å². The van der Waals surface area contributed by atoms with Gasteiger partial charge in [-0.15, -0.1) is 0 Å². The number of hydrogen-bond donors (Lipinski definition) is 1. The highest BCUT2D eigenvalue weighted by molar-refractivity contribution is 5.13. The molecule has 2 heterocycles. The van der Waals surface area contributed by atoms with Crippen LogP contribution in [0.15, 0.2) is 0 Å². The summed E-state index contributed by atoms with van der Waals surface area (Å²) in [5, 5.41) is 12.8. The molecule has 1 atom stereocenters. The summed E-state index contributed by atoms with van der Waals surface area (Å²) in [6.07, 6.45) is 2.16.